The van der Waals surface area contributed by atoms with Crippen molar-refractivity contribution in [3.63, 3.8) is 0 Å². The van der Waals surface area contributed by atoms with Crippen LogP contribution in [0.5, 0.6) is 0 Å². The van der Waals surface area contributed by atoms with Gasteiger partial charge in [0, 0.05) is 63.2 Å². The van der Waals surface area contributed by atoms with Gasteiger partial charge in [0.15, 0.2) is 11.6 Å². The monoisotopic (exact) mass is 681 g/mol. The average molecular weight is 682 g/mol. The maximum Gasteiger partial charge on any atom is 0.231 e. The first-order chi connectivity index (χ1) is 23.5. The first kappa shape index (κ1) is 36.1. The van der Waals surface area contributed by atoms with Gasteiger partial charge in [-0.05, 0) is 53.1 Å². The highest BCUT2D eigenvalue weighted by Crippen LogP contribution is 2.28. The summed E-state index contributed by atoms with van der Waals surface area (Å²) in [6.45, 7) is 4.94. The van der Waals surface area contributed by atoms with E-state index in [-0.39, 0.29) is 53.2 Å². The smallest absolute Gasteiger partial charge is 0.231 e. The molecule has 0 amide bonds. The van der Waals surface area contributed by atoms with Crippen molar-refractivity contribution >= 4 is 27.3 Å². The molecule has 0 radical (unpaired) electrons. The number of Topliss-reactive ketones (excluding diaryl/α,β-unsaturated/α-hetero) is 2. The van der Waals surface area contributed by atoms with Crippen molar-refractivity contribution in [1.82, 2.24) is 10.2 Å². The van der Waals surface area contributed by atoms with Crippen molar-refractivity contribution in [3.05, 3.63) is 137 Å². The molecule has 4 aromatic carbocycles. The Hall–Kier alpha value is -4.15. The van der Waals surface area contributed by atoms with Crippen LogP contribution in [-0.2, 0) is 23.0 Å². The lowest BCUT2D eigenvalue weighted by molar-refractivity contribution is 0.0319. The zero-order chi connectivity index (χ0) is 35.0. The molecule has 2 N–H and O–H groups in total. The summed E-state index contributed by atoms with van der Waals surface area (Å²) in [6, 6.07) is 34.2. The van der Waals surface area contributed by atoms with Crippen LogP contribution < -0.4 is 9.62 Å². The highest BCUT2D eigenvalue weighted by Gasteiger charge is 2.33. The van der Waals surface area contributed by atoms with Crippen LogP contribution in [0, 0.1) is 5.92 Å². The molecule has 0 bridgehead atoms. The van der Waals surface area contributed by atoms with E-state index in [2.05, 4.69) is 22.3 Å². The largest absolute Gasteiger partial charge is 0.391 e. The Kier molecular flexibility index (Phi) is 12.2. The molecule has 4 atom stereocenters. The number of hydrogen-bond acceptors (Lipinski definition) is 7. The molecule has 5 rings (SSSR count). The standard InChI is InChI=1S/C40H47N3O5S/c1-29(32-17-11-6-12-18-32)21-38(44)33-23-34(25-36(24-33)42(2)49(3,47)48)39(45)26-35(22-30-13-7-4-8-14-30)40(46)37-28-43(20-19-41-37)27-31-15-9-5-10-16-31/h4-18,23-25,29,35,37,40-41,46H,19-22,26-28H2,1-3H3/t29-,35+,37?,40-/m0/s1. The van der Waals surface area contributed by atoms with E-state index in [0.717, 1.165) is 34.8 Å². The normalized spacial score (nSPS) is 17.2. The van der Waals surface area contributed by atoms with Crippen LogP contribution in [-0.4, -0.2) is 75.1 Å². The number of nitrogens with zero attached hydrogens (tertiary/aromatic N) is 2. The molecule has 9 heteroatoms. The number of aliphatic hydroxyl groups is 1. The quantitative estimate of drug-likeness (QED) is 0.155. The molecule has 1 fully saturated rings. The van der Waals surface area contributed by atoms with Gasteiger partial charge in [0.1, 0.15) is 0 Å². The van der Waals surface area contributed by atoms with E-state index in [1.807, 2.05) is 85.8 Å². The van der Waals surface area contributed by atoms with E-state index in [9.17, 15) is 23.1 Å². The van der Waals surface area contributed by atoms with Crippen molar-refractivity contribution < 1.29 is 23.1 Å². The van der Waals surface area contributed by atoms with Gasteiger partial charge in [0.05, 0.1) is 18.0 Å². The zero-order valence-electron chi connectivity index (χ0n) is 28.5. The molecule has 1 heterocycles. The Morgan fingerprint density at radius 1 is 0.857 bits per heavy atom. The van der Waals surface area contributed by atoms with Crippen LogP contribution in [0.3, 0.4) is 0 Å². The summed E-state index contributed by atoms with van der Waals surface area (Å²) in [7, 11) is -2.25. The summed E-state index contributed by atoms with van der Waals surface area (Å²) in [5.74, 6) is -0.942. The van der Waals surface area contributed by atoms with Gasteiger partial charge in [-0.25, -0.2) is 8.42 Å². The van der Waals surface area contributed by atoms with Crippen LogP contribution in [0.2, 0.25) is 0 Å². The van der Waals surface area contributed by atoms with Gasteiger partial charge < -0.3 is 10.4 Å². The van der Waals surface area contributed by atoms with Gasteiger partial charge in [-0.15, -0.1) is 0 Å². The topological polar surface area (TPSA) is 107 Å². The van der Waals surface area contributed by atoms with Gasteiger partial charge in [0.2, 0.25) is 10.0 Å². The molecular weight excluding hydrogens is 635 g/mol. The Balaban J connectivity index is 1.41. The fourth-order valence-electron chi connectivity index (χ4n) is 6.57. The Labute approximate surface area is 290 Å². The molecule has 1 aliphatic rings. The van der Waals surface area contributed by atoms with E-state index in [1.165, 1.54) is 18.7 Å². The lowest BCUT2D eigenvalue weighted by atomic mass is 9.83. The maximum absolute atomic E-state index is 14.2. The molecule has 0 spiro atoms. The summed E-state index contributed by atoms with van der Waals surface area (Å²) in [5, 5.41) is 15.4. The minimum absolute atomic E-state index is 0.0209. The second-order valence-electron chi connectivity index (χ2n) is 13.3. The van der Waals surface area contributed by atoms with Gasteiger partial charge in [0.25, 0.3) is 0 Å². The summed E-state index contributed by atoms with van der Waals surface area (Å²) in [4.78, 5) is 30.1. The number of sulfonamides is 1. The third kappa shape index (κ3) is 9.95. The average Bonchev–Trinajstić information content (AvgIpc) is 3.11. The third-order valence-corrected chi connectivity index (χ3v) is 10.7. The molecule has 258 valence electrons. The molecule has 0 saturated carbocycles. The summed E-state index contributed by atoms with van der Waals surface area (Å²) < 4.78 is 26.2. The number of anilines is 1. The molecule has 1 aliphatic heterocycles. The molecule has 1 saturated heterocycles. The molecule has 0 aliphatic carbocycles. The maximum atomic E-state index is 14.2. The van der Waals surface area contributed by atoms with E-state index in [1.54, 1.807) is 12.1 Å². The predicted molar refractivity (Wildman–Crippen MR) is 196 cm³/mol. The number of aliphatic hydroxyl groups excluding tert-OH is 1. The first-order valence-electron chi connectivity index (χ1n) is 16.9. The van der Waals surface area contributed by atoms with E-state index >= 15 is 0 Å². The van der Waals surface area contributed by atoms with Crippen molar-refractivity contribution in [2.24, 2.45) is 5.92 Å². The Morgan fingerprint density at radius 2 is 1.41 bits per heavy atom. The van der Waals surface area contributed by atoms with Crippen LogP contribution in [0.4, 0.5) is 5.69 Å². The lowest BCUT2D eigenvalue weighted by Crippen LogP contribution is -2.57. The van der Waals surface area contributed by atoms with Crippen molar-refractivity contribution in [2.45, 2.75) is 50.8 Å². The second kappa shape index (κ2) is 16.5. The number of piperazine rings is 1. The first-order valence-corrected chi connectivity index (χ1v) is 18.7. The fraction of sp³-hybridized carbons (Fsp3) is 0.350. The van der Waals surface area contributed by atoms with Crippen LogP contribution >= 0.6 is 0 Å². The SMILES string of the molecule is C[C@@H](CC(=O)c1cc(C(=O)C[C@@H](Cc2ccccc2)[C@H](O)C2CN(Cc3ccccc3)CCN2)cc(N(C)S(C)(=O)=O)c1)c1ccccc1. The molecule has 0 aromatic heterocycles. The van der Waals surface area contributed by atoms with E-state index in [4.69, 9.17) is 0 Å². The molecule has 49 heavy (non-hydrogen) atoms. The molecular formula is C40H47N3O5S. The van der Waals surface area contributed by atoms with Gasteiger partial charge in [-0.1, -0.05) is 97.9 Å². The number of benzene rings is 4. The van der Waals surface area contributed by atoms with Gasteiger partial charge in [-0.2, -0.15) is 0 Å². The zero-order valence-corrected chi connectivity index (χ0v) is 29.4. The number of carbonyl (C=O) groups excluding carboxylic acids is 2. The molecule has 1 unspecified atom stereocenters. The third-order valence-electron chi connectivity index (χ3n) is 9.50. The molecule has 4 aromatic rings. The van der Waals surface area contributed by atoms with Crippen molar-refractivity contribution in [2.75, 3.05) is 37.2 Å². The highest BCUT2D eigenvalue weighted by molar-refractivity contribution is 7.92. The predicted octanol–water partition coefficient (Wildman–Crippen LogP) is 5.73. The summed E-state index contributed by atoms with van der Waals surface area (Å²) in [5.41, 5.74) is 4.01. The number of hydrogen-bond donors (Lipinski definition) is 2. The van der Waals surface area contributed by atoms with Crippen LogP contribution in [0.25, 0.3) is 0 Å². The Morgan fingerprint density at radius 3 is 2.00 bits per heavy atom. The summed E-state index contributed by atoms with van der Waals surface area (Å²) in [6.07, 6.45) is 0.954. The number of rotatable bonds is 15. The number of carbonyl (C=O) groups is 2. The van der Waals surface area contributed by atoms with Crippen molar-refractivity contribution in [3.8, 4) is 0 Å². The molecule has 8 nitrogen and oxygen atoms in total. The lowest BCUT2D eigenvalue weighted by Gasteiger charge is -2.38. The minimum Gasteiger partial charge on any atom is -0.391 e. The van der Waals surface area contributed by atoms with Crippen LogP contribution in [0.1, 0.15) is 63.1 Å². The Bertz CT molecular complexity index is 1800. The number of nitrogens with one attached hydrogen (secondary N) is 1. The summed E-state index contributed by atoms with van der Waals surface area (Å²) >= 11 is 0. The second-order valence-corrected chi connectivity index (χ2v) is 15.3. The van der Waals surface area contributed by atoms with Crippen molar-refractivity contribution in [1.29, 1.82) is 0 Å². The number of ketones is 2. The van der Waals surface area contributed by atoms with Crippen LogP contribution in [0.15, 0.2) is 109 Å². The van der Waals surface area contributed by atoms with Gasteiger partial charge >= 0.3 is 0 Å². The highest BCUT2D eigenvalue weighted by atomic mass is 32.2. The minimum atomic E-state index is -3.67. The fourth-order valence-corrected chi connectivity index (χ4v) is 7.06. The van der Waals surface area contributed by atoms with Gasteiger partial charge in [-0.3, -0.25) is 18.8 Å². The van der Waals surface area contributed by atoms with E-state index < -0.39 is 22.0 Å². The van der Waals surface area contributed by atoms with E-state index in [0.29, 0.717) is 19.5 Å².